The van der Waals surface area contributed by atoms with E-state index in [1.807, 2.05) is 6.92 Å². The molecule has 0 saturated heterocycles. The van der Waals surface area contributed by atoms with Gasteiger partial charge >= 0.3 is 0 Å². The van der Waals surface area contributed by atoms with Crippen LogP contribution in [-0.4, -0.2) is 14.7 Å². The van der Waals surface area contributed by atoms with Crippen molar-refractivity contribution in [3.05, 3.63) is 34.3 Å². The number of rotatable bonds is 3. The average molecular weight is 167 g/mol. The molecule has 1 aromatic rings. The fraction of sp³-hybridized carbons (Fsp3) is 0.286. The summed E-state index contributed by atoms with van der Waals surface area (Å²) in [5.41, 5.74) is 0.744. The van der Waals surface area contributed by atoms with Crippen molar-refractivity contribution in [2.45, 2.75) is 13.5 Å². The topological polar surface area (TPSA) is 61.0 Å². The van der Waals surface area contributed by atoms with Crippen molar-refractivity contribution in [1.29, 1.82) is 0 Å². The number of nitro groups is 1. The van der Waals surface area contributed by atoms with Crippen molar-refractivity contribution < 1.29 is 4.92 Å². The highest BCUT2D eigenvalue weighted by Gasteiger charge is 1.93. The van der Waals surface area contributed by atoms with Gasteiger partial charge in [0.2, 0.25) is 6.20 Å². The Balaban J connectivity index is 2.70. The molecule has 0 amide bonds. The van der Waals surface area contributed by atoms with Gasteiger partial charge in [-0.25, -0.2) is 0 Å². The molecule has 1 aromatic heterocycles. The molecule has 64 valence electrons. The Labute approximate surface area is 69.5 Å². The van der Waals surface area contributed by atoms with E-state index in [-0.39, 0.29) is 0 Å². The van der Waals surface area contributed by atoms with E-state index in [9.17, 15) is 10.1 Å². The van der Waals surface area contributed by atoms with E-state index < -0.39 is 4.92 Å². The molecule has 0 aliphatic rings. The third kappa shape index (κ3) is 2.19. The molecular weight excluding hydrogens is 158 g/mol. The number of aryl methyl sites for hydroxylation is 1. The molecule has 0 fully saturated rings. The van der Waals surface area contributed by atoms with Gasteiger partial charge in [-0.05, 0) is 6.92 Å². The molecule has 0 saturated carbocycles. The van der Waals surface area contributed by atoms with Crippen LogP contribution in [0.3, 0.4) is 0 Å². The maximum Gasteiger partial charge on any atom is 0.235 e. The van der Waals surface area contributed by atoms with E-state index in [2.05, 4.69) is 5.10 Å². The Hall–Kier alpha value is -1.65. The van der Waals surface area contributed by atoms with Gasteiger partial charge < -0.3 is 0 Å². The fourth-order valence-electron chi connectivity index (χ4n) is 0.785. The number of hydrogen-bond donors (Lipinski definition) is 0. The molecule has 1 rings (SSSR count). The van der Waals surface area contributed by atoms with Crippen LogP contribution in [0.1, 0.15) is 12.5 Å². The summed E-state index contributed by atoms with van der Waals surface area (Å²) in [5, 5.41) is 13.9. The lowest BCUT2D eigenvalue weighted by atomic mass is 10.3. The lowest BCUT2D eigenvalue weighted by Crippen LogP contribution is -1.91. The third-order valence-corrected chi connectivity index (χ3v) is 1.37. The molecule has 0 N–H and O–H groups in total. The Morgan fingerprint density at radius 3 is 3.08 bits per heavy atom. The summed E-state index contributed by atoms with van der Waals surface area (Å²) in [6.45, 7) is 2.72. The summed E-state index contributed by atoms with van der Waals surface area (Å²) in [5.74, 6) is 0. The molecule has 12 heavy (non-hydrogen) atoms. The smallest absolute Gasteiger partial charge is 0.235 e. The van der Waals surface area contributed by atoms with Crippen LogP contribution in [0.4, 0.5) is 0 Å². The van der Waals surface area contributed by atoms with Crippen LogP contribution in [-0.2, 0) is 6.54 Å². The summed E-state index contributed by atoms with van der Waals surface area (Å²) in [6.07, 6.45) is 5.65. The van der Waals surface area contributed by atoms with Crippen LogP contribution >= 0.6 is 0 Å². The minimum atomic E-state index is -0.497. The van der Waals surface area contributed by atoms with Gasteiger partial charge in [-0.3, -0.25) is 14.8 Å². The summed E-state index contributed by atoms with van der Waals surface area (Å²) in [6, 6.07) is 0. The monoisotopic (exact) mass is 167 g/mol. The molecule has 0 unspecified atom stereocenters. The largest absolute Gasteiger partial charge is 0.272 e. The Kier molecular flexibility index (Phi) is 2.57. The van der Waals surface area contributed by atoms with E-state index in [1.54, 1.807) is 17.1 Å². The molecule has 0 spiro atoms. The first-order valence-corrected chi connectivity index (χ1v) is 3.56. The standard InChI is InChI=1S/C7H9N3O2/c1-2-9-6-7(5-8-9)3-4-10(11)12/h3-6H,2H2,1H3/b4-3+. The zero-order valence-corrected chi connectivity index (χ0v) is 6.67. The van der Waals surface area contributed by atoms with Gasteiger partial charge in [0.05, 0.1) is 11.1 Å². The van der Waals surface area contributed by atoms with Crippen molar-refractivity contribution in [3.8, 4) is 0 Å². The molecule has 0 aromatic carbocycles. The van der Waals surface area contributed by atoms with Crippen LogP contribution in [0.25, 0.3) is 6.08 Å². The lowest BCUT2D eigenvalue weighted by Gasteiger charge is -1.88. The maximum absolute atomic E-state index is 9.94. The number of nitrogens with zero attached hydrogens (tertiary/aromatic N) is 3. The van der Waals surface area contributed by atoms with Crippen LogP contribution in [0, 0.1) is 10.1 Å². The molecule has 0 aliphatic heterocycles. The van der Waals surface area contributed by atoms with Crippen molar-refractivity contribution in [1.82, 2.24) is 9.78 Å². The Morgan fingerprint density at radius 2 is 2.58 bits per heavy atom. The second kappa shape index (κ2) is 3.66. The number of hydrogen-bond acceptors (Lipinski definition) is 3. The molecule has 1 heterocycles. The Morgan fingerprint density at radius 1 is 1.83 bits per heavy atom. The van der Waals surface area contributed by atoms with Gasteiger partial charge in [-0.1, -0.05) is 0 Å². The quantitative estimate of drug-likeness (QED) is 0.501. The van der Waals surface area contributed by atoms with Gasteiger partial charge in [0.25, 0.3) is 0 Å². The van der Waals surface area contributed by atoms with Crippen molar-refractivity contribution >= 4 is 6.08 Å². The van der Waals surface area contributed by atoms with Gasteiger partial charge in [0.1, 0.15) is 0 Å². The minimum absolute atomic E-state index is 0.497. The average Bonchev–Trinajstić information content (AvgIpc) is 2.48. The zero-order chi connectivity index (χ0) is 8.97. The minimum Gasteiger partial charge on any atom is -0.272 e. The summed E-state index contributed by atoms with van der Waals surface area (Å²) < 4.78 is 1.71. The van der Waals surface area contributed by atoms with Gasteiger partial charge in [0, 0.05) is 24.4 Å². The van der Waals surface area contributed by atoms with Crippen LogP contribution in [0.5, 0.6) is 0 Å². The zero-order valence-electron chi connectivity index (χ0n) is 6.67. The van der Waals surface area contributed by atoms with Crippen molar-refractivity contribution in [2.75, 3.05) is 0 Å². The molecular formula is C7H9N3O2. The van der Waals surface area contributed by atoms with E-state index in [4.69, 9.17) is 0 Å². The van der Waals surface area contributed by atoms with Crippen molar-refractivity contribution in [3.63, 3.8) is 0 Å². The molecule has 5 nitrogen and oxygen atoms in total. The van der Waals surface area contributed by atoms with Crippen molar-refractivity contribution in [2.24, 2.45) is 0 Å². The first kappa shape index (κ1) is 8.45. The molecule has 0 bridgehead atoms. The van der Waals surface area contributed by atoms with Crippen LogP contribution in [0.15, 0.2) is 18.6 Å². The summed E-state index contributed by atoms with van der Waals surface area (Å²) >= 11 is 0. The lowest BCUT2D eigenvalue weighted by molar-refractivity contribution is -0.400. The maximum atomic E-state index is 9.94. The third-order valence-electron chi connectivity index (χ3n) is 1.37. The predicted molar refractivity (Wildman–Crippen MR) is 43.9 cm³/mol. The number of aromatic nitrogens is 2. The molecule has 5 heteroatoms. The van der Waals surface area contributed by atoms with Gasteiger partial charge in [0.15, 0.2) is 0 Å². The molecule has 0 atom stereocenters. The highest BCUT2D eigenvalue weighted by molar-refractivity contribution is 5.44. The fourth-order valence-corrected chi connectivity index (χ4v) is 0.785. The first-order valence-electron chi connectivity index (χ1n) is 3.56. The van der Waals surface area contributed by atoms with Gasteiger partial charge in [-0.2, -0.15) is 5.10 Å². The second-order valence-corrected chi connectivity index (χ2v) is 2.23. The van der Waals surface area contributed by atoms with Crippen LogP contribution < -0.4 is 0 Å². The van der Waals surface area contributed by atoms with E-state index in [1.165, 1.54) is 6.08 Å². The van der Waals surface area contributed by atoms with E-state index in [0.717, 1.165) is 18.3 Å². The highest BCUT2D eigenvalue weighted by atomic mass is 16.6. The first-order chi connectivity index (χ1) is 5.72. The summed E-state index contributed by atoms with van der Waals surface area (Å²) in [4.78, 5) is 9.44. The predicted octanol–water partition coefficient (Wildman–Crippen LogP) is 1.15. The SMILES string of the molecule is CCn1cc(/C=C/[N+](=O)[O-])cn1. The Bertz CT molecular complexity index is 303. The summed E-state index contributed by atoms with van der Waals surface area (Å²) in [7, 11) is 0. The molecule has 0 radical (unpaired) electrons. The second-order valence-electron chi connectivity index (χ2n) is 2.23. The highest BCUT2D eigenvalue weighted by Crippen LogP contribution is 1.99. The van der Waals surface area contributed by atoms with Crippen LogP contribution in [0.2, 0.25) is 0 Å². The molecule has 0 aliphatic carbocycles. The van der Waals surface area contributed by atoms with E-state index >= 15 is 0 Å². The van der Waals surface area contributed by atoms with Gasteiger partial charge in [-0.15, -0.1) is 0 Å². The normalized spacial score (nSPS) is 10.8. The van der Waals surface area contributed by atoms with E-state index in [0.29, 0.717) is 0 Å².